The molecule has 2 aromatic heterocycles. The number of pyridine rings is 1. The van der Waals surface area contributed by atoms with Gasteiger partial charge in [0.1, 0.15) is 17.2 Å². The van der Waals surface area contributed by atoms with Crippen molar-refractivity contribution in [3.05, 3.63) is 76.7 Å². The summed E-state index contributed by atoms with van der Waals surface area (Å²) < 4.78 is 45.2. The number of amides is 2. The molecule has 34 heavy (non-hydrogen) atoms. The molecule has 4 rings (SSSR count). The number of halogens is 4. The van der Waals surface area contributed by atoms with Crippen LogP contribution in [0, 0.1) is 0 Å². The Morgan fingerprint density at radius 2 is 1.76 bits per heavy atom. The fraction of sp³-hybridized carbons (Fsp3) is 0.0909. The fourth-order valence-corrected chi connectivity index (χ4v) is 3.36. The third kappa shape index (κ3) is 4.79. The summed E-state index contributed by atoms with van der Waals surface area (Å²) in [5.41, 5.74) is -0.532. The molecule has 0 saturated carbocycles. The van der Waals surface area contributed by atoms with E-state index in [0.29, 0.717) is 17.2 Å². The third-order valence-corrected chi connectivity index (χ3v) is 5.02. The molecule has 0 aliphatic heterocycles. The number of ether oxygens (including phenoxy) is 1. The van der Waals surface area contributed by atoms with E-state index in [1.807, 2.05) is 0 Å². The maximum atomic E-state index is 13.2. The van der Waals surface area contributed by atoms with Gasteiger partial charge in [-0.3, -0.25) is 19.7 Å². The second-order valence-electron chi connectivity index (χ2n) is 6.98. The van der Waals surface area contributed by atoms with Gasteiger partial charge in [-0.15, -0.1) is 0 Å². The van der Waals surface area contributed by atoms with E-state index in [1.165, 1.54) is 19.3 Å². The standard InChI is InChI=1S/C22H15ClF3N5O3/c1-27-20(32)18-8-13(6-7-28-18)34-12-4-2-11(3-5-12)29-21(33)19-14-9-15(22(24,25)26)16(23)10-17(14)30-31-19/h2-10H,1H3,(H,27,32)(H,29,33)(H,30,31). The van der Waals surface area contributed by atoms with Crippen molar-refractivity contribution in [2.75, 3.05) is 12.4 Å². The Hall–Kier alpha value is -4.12. The van der Waals surface area contributed by atoms with E-state index in [9.17, 15) is 22.8 Å². The van der Waals surface area contributed by atoms with E-state index in [-0.39, 0.29) is 28.2 Å². The van der Waals surface area contributed by atoms with Crippen molar-refractivity contribution in [2.45, 2.75) is 6.18 Å². The lowest BCUT2D eigenvalue weighted by Gasteiger charge is -2.10. The summed E-state index contributed by atoms with van der Waals surface area (Å²) in [6.07, 6.45) is -3.25. The topological polar surface area (TPSA) is 109 Å². The zero-order valence-electron chi connectivity index (χ0n) is 17.3. The zero-order valence-corrected chi connectivity index (χ0v) is 18.1. The van der Waals surface area contributed by atoms with Crippen LogP contribution in [0.4, 0.5) is 18.9 Å². The number of carbonyl (C=O) groups is 2. The number of benzene rings is 2. The number of H-pyrrole nitrogens is 1. The minimum Gasteiger partial charge on any atom is -0.457 e. The Bertz CT molecular complexity index is 1390. The molecular weight excluding hydrogens is 475 g/mol. The van der Waals surface area contributed by atoms with Crippen molar-refractivity contribution in [2.24, 2.45) is 0 Å². The highest BCUT2D eigenvalue weighted by Gasteiger charge is 2.34. The molecule has 2 heterocycles. The number of aromatic amines is 1. The number of fused-ring (bicyclic) bond motifs is 1. The second-order valence-corrected chi connectivity index (χ2v) is 7.39. The van der Waals surface area contributed by atoms with E-state index < -0.39 is 22.7 Å². The average Bonchev–Trinajstić information content (AvgIpc) is 3.21. The second kappa shape index (κ2) is 9.02. The van der Waals surface area contributed by atoms with Gasteiger partial charge in [-0.2, -0.15) is 18.3 Å². The van der Waals surface area contributed by atoms with Crippen LogP contribution in [0.3, 0.4) is 0 Å². The molecular formula is C22H15ClF3N5O3. The highest BCUT2D eigenvalue weighted by molar-refractivity contribution is 6.32. The predicted octanol–water partition coefficient (Wildman–Crippen LogP) is 5.03. The first-order valence-corrected chi connectivity index (χ1v) is 10.1. The summed E-state index contributed by atoms with van der Waals surface area (Å²) in [7, 11) is 1.49. The normalized spacial score (nSPS) is 11.3. The van der Waals surface area contributed by atoms with Crippen LogP contribution in [0.25, 0.3) is 10.9 Å². The number of nitrogens with zero attached hydrogens (tertiary/aromatic N) is 2. The fourth-order valence-electron chi connectivity index (χ4n) is 3.09. The maximum Gasteiger partial charge on any atom is 0.417 e. The summed E-state index contributed by atoms with van der Waals surface area (Å²) in [5, 5.41) is 10.9. The SMILES string of the molecule is CNC(=O)c1cc(Oc2ccc(NC(=O)c3n[nH]c4cc(Cl)c(C(F)(F)F)cc34)cc2)ccn1. The summed E-state index contributed by atoms with van der Waals surface area (Å²) in [6.45, 7) is 0. The van der Waals surface area contributed by atoms with Crippen LogP contribution in [0.2, 0.25) is 5.02 Å². The molecule has 2 amide bonds. The maximum absolute atomic E-state index is 13.2. The van der Waals surface area contributed by atoms with Crippen LogP contribution in [0.5, 0.6) is 11.5 Å². The molecule has 0 radical (unpaired) electrons. The number of hydrogen-bond acceptors (Lipinski definition) is 5. The predicted molar refractivity (Wildman–Crippen MR) is 118 cm³/mol. The number of alkyl halides is 3. The van der Waals surface area contributed by atoms with Gasteiger partial charge in [0.05, 0.1) is 16.1 Å². The molecule has 0 bridgehead atoms. The summed E-state index contributed by atoms with van der Waals surface area (Å²) in [6, 6.07) is 11.1. The van der Waals surface area contributed by atoms with E-state index in [0.717, 1.165) is 12.1 Å². The smallest absolute Gasteiger partial charge is 0.417 e. The van der Waals surface area contributed by atoms with Crippen molar-refractivity contribution in [3.8, 4) is 11.5 Å². The van der Waals surface area contributed by atoms with Gasteiger partial charge in [0.2, 0.25) is 0 Å². The summed E-state index contributed by atoms with van der Waals surface area (Å²) in [5.74, 6) is -0.270. The van der Waals surface area contributed by atoms with Gasteiger partial charge < -0.3 is 15.4 Å². The monoisotopic (exact) mass is 489 g/mol. The van der Waals surface area contributed by atoms with Gasteiger partial charge in [0.15, 0.2) is 5.69 Å². The van der Waals surface area contributed by atoms with Crippen LogP contribution >= 0.6 is 11.6 Å². The number of aromatic nitrogens is 3. The molecule has 0 unspecified atom stereocenters. The molecule has 0 aliphatic carbocycles. The van der Waals surface area contributed by atoms with Gasteiger partial charge in [0.25, 0.3) is 11.8 Å². The molecule has 0 fully saturated rings. The molecule has 0 saturated heterocycles. The summed E-state index contributed by atoms with van der Waals surface area (Å²) in [4.78, 5) is 28.3. The molecule has 174 valence electrons. The molecule has 0 spiro atoms. The molecule has 4 aromatic rings. The Morgan fingerprint density at radius 1 is 1.03 bits per heavy atom. The number of rotatable bonds is 5. The van der Waals surface area contributed by atoms with E-state index >= 15 is 0 Å². The van der Waals surface area contributed by atoms with E-state index in [2.05, 4.69) is 25.8 Å². The zero-order chi connectivity index (χ0) is 24.5. The van der Waals surface area contributed by atoms with Crippen molar-refractivity contribution < 1.29 is 27.5 Å². The van der Waals surface area contributed by atoms with Crippen molar-refractivity contribution in [1.29, 1.82) is 0 Å². The lowest BCUT2D eigenvalue weighted by Crippen LogP contribution is -2.18. The lowest BCUT2D eigenvalue weighted by molar-refractivity contribution is -0.137. The highest BCUT2D eigenvalue weighted by Crippen LogP contribution is 2.37. The molecule has 0 atom stereocenters. The Morgan fingerprint density at radius 3 is 2.44 bits per heavy atom. The Labute approximate surface area is 195 Å². The van der Waals surface area contributed by atoms with Crippen LogP contribution in [-0.2, 0) is 6.18 Å². The first-order chi connectivity index (χ1) is 16.2. The average molecular weight is 490 g/mol. The number of carbonyl (C=O) groups excluding carboxylic acids is 2. The minimum absolute atomic E-state index is 0.0150. The molecule has 3 N–H and O–H groups in total. The first kappa shape index (κ1) is 23.1. The summed E-state index contributed by atoms with van der Waals surface area (Å²) >= 11 is 5.71. The van der Waals surface area contributed by atoms with Crippen LogP contribution in [0.15, 0.2) is 54.7 Å². The van der Waals surface area contributed by atoms with Crippen LogP contribution < -0.4 is 15.4 Å². The van der Waals surface area contributed by atoms with Crippen molar-refractivity contribution in [3.63, 3.8) is 0 Å². The van der Waals surface area contributed by atoms with E-state index in [1.54, 1.807) is 30.3 Å². The van der Waals surface area contributed by atoms with Gasteiger partial charge in [0, 0.05) is 30.4 Å². The van der Waals surface area contributed by atoms with Crippen LogP contribution in [0.1, 0.15) is 26.5 Å². The van der Waals surface area contributed by atoms with Gasteiger partial charge >= 0.3 is 6.18 Å². The van der Waals surface area contributed by atoms with Crippen LogP contribution in [-0.4, -0.2) is 34.0 Å². The molecule has 2 aromatic carbocycles. The van der Waals surface area contributed by atoms with Gasteiger partial charge in [-0.05, 0) is 42.5 Å². The molecule has 8 nitrogen and oxygen atoms in total. The Balaban J connectivity index is 1.50. The lowest BCUT2D eigenvalue weighted by atomic mass is 10.1. The van der Waals surface area contributed by atoms with E-state index in [4.69, 9.17) is 16.3 Å². The van der Waals surface area contributed by atoms with Gasteiger partial charge in [-0.1, -0.05) is 11.6 Å². The highest BCUT2D eigenvalue weighted by atomic mass is 35.5. The largest absolute Gasteiger partial charge is 0.457 e. The number of hydrogen-bond donors (Lipinski definition) is 3. The Kier molecular flexibility index (Phi) is 6.12. The van der Waals surface area contributed by atoms with Gasteiger partial charge in [-0.25, -0.2) is 0 Å². The first-order valence-electron chi connectivity index (χ1n) is 9.68. The third-order valence-electron chi connectivity index (χ3n) is 4.71. The number of nitrogens with one attached hydrogen (secondary N) is 3. The molecule has 12 heteroatoms. The van der Waals surface area contributed by atoms with Crippen molar-refractivity contribution >= 4 is 40.0 Å². The number of anilines is 1. The minimum atomic E-state index is -4.68. The van der Waals surface area contributed by atoms with Crippen molar-refractivity contribution in [1.82, 2.24) is 20.5 Å². The quantitative estimate of drug-likeness (QED) is 0.364. The molecule has 0 aliphatic rings.